The second-order valence-corrected chi connectivity index (χ2v) is 12.0. The van der Waals surface area contributed by atoms with E-state index in [4.69, 9.17) is 0 Å². The van der Waals surface area contributed by atoms with Crippen molar-refractivity contribution < 1.29 is 0 Å². The van der Waals surface area contributed by atoms with Gasteiger partial charge in [-0.05, 0) is 72.7 Å². The topological polar surface area (TPSA) is 9.86 Å². The van der Waals surface area contributed by atoms with Gasteiger partial charge in [0.15, 0.2) is 0 Å². The lowest BCUT2D eigenvalue weighted by molar-refractivity contribution is 0.667. The molecule has 1 aliphatic rings. The molecule has 44 heavy (non-hydrogen) atoms. The minimum atomic E-state index is 1.11. The van der Waals surface area contributed by atoms with Gasteiger partial charge >= 0.3 is 0 Å². The van der Waals surface area contributed by atoms with Gasteiger partial charge in [0.2, 0.25) is 0 Å². The van der Waals surface area contributed by atoms with E-state index in [2.05, 4.69) is 155 Å². The average molecular weight is 565 g/mol. The zero-order chi connectivity index (χ0) is 29.0. The van der Waals surface area contributed by atoms with Crippen LogP contribution in [0.1, 0.15) is 24.1 Å². The Labute approximate surface area is 257 Å². The van der Waals surface area contributed by atoms with Crippen LogP contribution in [-0.4, -0.2) is 9.13 Å². The number of benzene rings is 6. The van der Waals surface area contributed by atoms with Crippen molar-refractivity contribution in [2.75, 3.05) is 0 Å². The Hall–Kier alpha value is -5.34. The maximum absolute atomic E-state index is 2.59. The van der Waals surface area contributed by atoms with E-state index in [1.54, 1.807) is 0 Å². The van der Waals surface area contributed by atoms with E-state index >= 15 is 0 Å². The van der Waals surface area contributed by atoms with Crippen molar-refractivity contribution in [1.82, 2.24) is 9.13 Å². The SMILES string of the molecule is c1ccc(-c2ccccc2-n2c3c(c4cc5c6ccccc6n(-c6ccccc6-c6ccccc6)c5cc42)CCCC3)cc1. The molecule has 0 N–H and O–H groups in total. The molecule has 0 spiro atoms. The third-order valence-corrected chi connectivity index (χ3v) is 9.52. The second kappa shape index (κ2) is 10.1. The molecule has 2 heteroatoms. The molecule has 2 nitrogen and oxygen atoms in total. The van der Waals surface area contributed by atoms with Crippen LogP contribution in [0.2, 0.25) is 0 Å². The molecule has 0 fully saturated rings. The van der Waals surface area contributed by atoms with E-state index in [-0.39, 0.29) is 0 Å². The fourth-order valence-electron chi connectivity index (χ4n) is 7.60. The number of aryl methyl sites for hydroxylation is 1. The Bertz CT molecular complexity index is 2320. The lowest BCUT2D eigenvalue weighted by Gasteiger charge is -2.19. The summed E-state index contributed by atoms with van der Waals surface area (Å²) in [7, 11) is 0. The minimum Gasteiger partial charge on any atom is -0.313 e. The Kier molecular flexibility index (Phi) is 5.80. The first-order chi connectivity index (χ1) is 21.9. The number of para-hydroxylation sites is 3. The number of aromatic nitrogens is 2. The van der Waals surface area contributed by atoms with Crippen LogP contribution in [0.4, 0.5) is 0 Å². The number of hydrogen-bond acceptors (Lipinski definition) is 0. The molecule has 0 bridgehead atoms. The predicted octanol–water partition coefficient (Wildman–Crippen LogP) is 10.9. The van der Waals surface area contributed by atoms with Crippen LogP contribution in [0.25, 0.3) is 66.3 Å². The normalized spacial score (nSPS) is 13.1. The molecule has 9 rings (SSSR count). The van der Waals surface area contributed by atoms with Gasteiger partial charge in [0, 0.05) is 33.0 Å². The smallest absolute Gasteiger partial charge is 0.0562 e. The first-order valence-corrected chi connectivity index (χ1v) is 15.8. The zero-order valence-corrected chi connectivity index (χ0v) is 24.6. The van der Waals surface area contributed by atoms with Crippen LogP contribution in [0, 0.1) is 0 Å². The summed E-state index contributed by atoms with van der Waals surface area (Å²) in [4.78, 5) is 0. The summed E-state index contributed by atoms with van der Waals surface area (Å²) in [5, 5.41) is 4.02. The molecular formula is C42H32N2. The highest BCUT2D eigenvalue weighted by molar-refractivity contribution is 6.14. The third kappa shape index (κ3) is 3.81. The molecule has 2 heterocycles. The molecule has 1 aliphatic carbocycles. The summed E-state index contributed by atoms with van der Waals surface area (Å²) in [5.74, 6) is 0. The molecular weight excluding hydrogens is 532 g/mol. The number of rotatable bonds is 4. The van der Waals surface area contributed by atoms with Crippen LogP contribution in [0.15, 0.2) is 146 Å². The van der Waals surface area contributed by atoms with E-state index in [9.17, 15) is 0 Å². The first kappa shape index (κ1) is 25.2. The molecule has 0 saturated heterocycles. The highest BCUT2D eigenvalue weighted by Crippen LogP contribution is 2.43. The largest absolute Gasteiger partial charge is 0.313 e. The minimum absolute atomic E-state index is 1.11. The lowest BCUT2D eigenvalue weighted by atomic mass is 9.95. The average Bonchev–Trinajstić information content (AvgIpc) is 3.60. The zero-order valence-electron chi connectivity index (χ0n) is 24.6. The quantitative estimate of drug-likeness (QED) is 0.201. The third-order valence-electron chi connectivity index (χ3n) is 9.52. The second-order valence-electron chi connectivity index (χ2n) is 12.0. The van der Waals surface area contributed by atoms with Crippen LogP contribution < -0.4 is 0 Å². The fourth-order valence-corrected chi connectivity index (χ4v) is 7.60. The molecule has 0 atom stereocenters. The van der Waals surface area contributed by atoms with Gasteiger partial charge in [0.25, 0.3) is 0 Å². The Morgan fingerprint density at radius 1 is 0.386 bits per heavy atom. The van der Waals surface area contributed by atoms with E-state index < -0.39 is 0 Å². The fraction of sp³-hybridized carbons (Fsp3) is 0.0952. The Balaban J connectivity index is 1.40. The molecule has 8 aromatic rings. The Morgan fingerprint density at radius 2 is 0.932 bits per heavy atom. The molecule has 0 aliphatic heterocycles. The molecule has 0 unspecified atom stereocenters. The van der Waals surface area contributed by atoms with Crippen molar-refractivity contribution >= 4 is 32.7 Å². The van der Waals surface area contributed by atoms with Crippen LogP contribution in [0.5, 0.6) is 0 Å². The molecule has 0 radical (unpaired) electrons. The highest BCUT2D eigenvalue weighted by atomic mass is 15.0. The summed E-state index contributed by atoms with van der Waals surface area (Å²) in [6, 6.07) is 53.3. The van der Waals surface area contributed by atoms with Gasteiger partial charge in [0.05, 0.1) is 27.9 Å². The van der Waals surface area contributed by atoms with Crippen LogP contribution >= 0.6 is 0 Å². The summed E-state index contributed by atoms with van der Waals surface area (Å²) < 4.78 is 5.09. The van der Waals surface area contributed by atoms with E-state index in [1.165, 1.54) is 90.4 Å². The van der Waals surface area contributed by atoms with Gasteiger partial charge in [0.1, 0.15) is 0 Å². The van der Waals surface area contributed by atoms with Crippen molar-refractivity contribution in [2.24, 2.45) is 0 Å². The van der Waals surface area contributed by atoms with E-state index in [0.717, 1.165) is 12.8 Å². The van der Waals surface area contributed by atoms with Gasteiger partial charge in [-0.2, -0.15) is 0 Å². The maximum Gasteiger partial charge on any atom is 0.0562 e. The highest BCUT2D eigenvalue weighted by Gasteiger charge is 2.25. The molecule has 210 valence electrons. The lowest BCUT2D eigenvalue weighted by Crippen LogP contribution is -2.07. The molecule has 0 amide bonds. The number of hydrogen-bond donors (Lipinski definition) is 0. The number of fused-ring (bicyclic) bond motifs is 6. The van der Waals surface area contributed by atoms with Crippen molar-refractivity contribution in [3.8, 4) is 33.6 Å². The predicted molar refractivity (Wildman–Crippen MR) is 185 cm³/mol. The van der Waals surface area contributed by atoms with Gasteiger partial charge in [-0.15, -0.1) is 0 Å². The monoisotopic (exact) mass is 564 g/mol. The van der Waals surface area contributed by atoms with E-state index in [1.807, 2.05) is 0 Å². The summed E-state index contributed by atoms with van der Waals surface area (Å²) in [6.45, 7) is 0. The number of nitrogens with zero attached hydrogens (tertiary/aromatic N) is 2. The van der Waals surface area contributed by atoms with Gasteiger partial charge < -0.3 is 9.13 Å². The van der Waals surface area contributed by atoms with Crippen LogP contribution in [-0.2, 0) is 12.8 Å². The van der Waals surface area contributed by atoms with Gasteiger partial charge in [-0.25, -0.2) is 0 Å². The molecule has 2 aromatic heterocycles. The Morgan fingerprint density at radius 3 is 1.64 bits per heavy atom. The van der Waals surface area contributed by atoms with Gasteiger partial charge in [-0.3, -0.25) is 0 Å². The summed E-state index contributed by atoms with van der Waals surface area (Å²) in [5.41, 5.74) is 14.2. The van der Waals surface area contributed by atoms with E-state index in [0.29, 0.717) is 0 Å². The van der Waals surface area contributed by atoms with Crippen molar-refractivity contribution in [1.29, 1.82) is 0 Å². The molecule has 6 aromatic carbocycles. The summed E-state index contributed by atoms with van der Waals surface area (Å²) in [6.07, 6.45) is 4.72. The standard InChI is InChI=1S/C42H32N2/c1-3-15-29(16-4-1)31-19-7-11-23-37(31)43-39-25-13-9-21-33(39)35-27-36-34-22-10-14-26-40(34)44(42(36)28-41(35)43)38-24-12-8-20-32(38)30-17-5-2-6-18-30/h1-9,11-13,15-21,23-25,27-28H,10,14,22,26H2. The summed E-state index contributed by atoms with van der Waals surface area (Å²) >= 11 is 0. The van der Waals surface area contributed by atoms with Gasteiger partial charge in [-0.1, -0.05) is 115 Å². The van der Waals surface area contributed by atoms with Crippen LogP contribution in [0.3, 0.4) is 0 Å². The van der Waals surface area contributed by atoms with Crippen molar-refractivity contribution in [3.05, 3.63) is 157 Å². The first-order valence-electron chi connectivity index (χ1n) is 15.8. The van der Waals surface area contributed by atoms with Crippen molar-refractivity contribution in [3.63, 3.8) is 0 Å². The molecule has 0 saturated carbocycles. The maximum atomic E-state index is 2.59. The van der Waals surface area contributed by atoms with Crippen molar-refractivity contribution in [2.45, 2.75) is 25.7 Å².